The third kappa shape index (κ3) is 4.47. The number of amides is 1. The van der Waals surface area contributed by atoms with Crippen LogP contribution in [0.2, 0.25) is 0 Å². The van der Waals surface area contributed by atoms with Crippen molar-refractivity contribution in [3.8, 4) is 0 Å². The molecule has 1 aromatic carbocycles. The maximum Gasteiger partial charge on any atom is 0.230 e. The first-order chi connectivity index (χ1) is 10.3. The van der Waals surface area contributed by atoms with Gasteiger partial charge in [0.15, 0.2) is 0 Å². The van der Waals surface area contributed by atoms with E-state index in [2.05, 4.69) is 33.8 Å². The molecule has 0 spiro atoms. The number of thioether (sulfide) groups is 1. The minimum atomic E-state index is 0. The molecule has 1 amide bonds. The van der Waals surface area contributed by atoms with Crippen LogP contribution in [-0.4, -0.2) is 16.6 Å². The van der Waals surface area contributed by atoms with E-state index >= 15 is 0 Å². The van der Waals surface area contributed by atoms with Gasteiger partial charge in [-0.1, -0.05) is 18.2 Å². The number of aromatic nitrogens is 1. The van der Waals surface area contributed by atoms with E-state index in [1.807, 2.05) is 12.1 Å². The molecular weight excluding hydrogens is 318 g/mol. The van der Waals surface area contributed by atoms with Crippen molar-refractivity contribution in [2.75, 3.05) is 5.75 Å². The molecule has 0 aliphatic carbocycles. The minimum absolute atomic E-state index is 0. The second-order valence-corrected chi connectivity index (χ2v) is 6.00. The molecular formula is C16H18ClN3OS. The molecule has 2 heterocycles. The average Bonchev–Trinajstić information content (AvgIpc) is 2.99. The van der Waals surface area contributed by atoms with Gasteiger partial charge >= 0.3 is 0 Å². The second-order valence-electron chi connectivity index (χ2n) is 4.95. The van der Waals surface area contributed by atoms with Gasteiger partial charge in [-0.05, 0) is 28.8 Å². The Kier molecular flexibility index (Phi) is 6.24. The molecule has 1 aromatic heterocycles. The van der Waals surface area contributed by atoms with Crippen molar-refractivity contribution >= 4 is 30.1 Å². The highest BCUT2D eigenvalue weighted by Gasteiger charge is 2.10. The van der Waals surface area contributed by atoms with Crippen LogP contribution >= 0.6 is 24.2 Å². The lowest BCUT2D eigenvalue weighted by molar-refractivity contribution is -0.118. The monoisotopic (exact) mass is 335 g/mol. The molecule has 1 aliphatic heterocycles. The highest BCUT2D eigenvalue weighted by atomic mass is 35.5. The number of pyridine rings is 1. The molecule has 22 heavy (non-hydrogen) atoms. The molecule has 0 saturated heterocycles. The van der Waals surface area contributed by atoms with Gasteiger partial charge in [-0.3, -0.25) is 9.78 Å². The van der Waals surface area contributed by atoms with Gasteiger partial charge < -0.3 is 10.6 Å². The minimum Gasteiger partial charge on any atom is -0.351 e. The fourth-order valence-corrected chi connectivity index (χ4v) is 3.01. The van der Waals surface area contributed by atoms with Crippen molar-refractivity contribution in [3.63, 3.8) is 0 Å². The first-order valence-corrected chi connectivity index (χ1v) is 7.91. The molecule has 116 valence electrons. The summed E-state index contributed by atoms with van der Waals surface area (Å²) in [5, 5.41) is 6.29. The average molecular weight is 336 g/mol. The summed E-state index contributed by atoms with van der Waals surface area (Å²) in [6.07, 6.45) is 3.47. The van der Waals surface area contributed by atoms with Gasteiger partial charge in [-0.2, -0.15) is 0 Å². The molecule has 2 aromatic rings. The van der Waals surface area contributed by atoms with E-state index in [-0.39, 0.29) is 18.3 Å². The van der Waals surface area contributed by atoms with Gasteiger partial charge in [0.2, 0.25) is 5.91 Å². The van der Waals surface area contributed by atoms with E-state index in [0.717, 1.165) is 23.5 Å². The number of nitrogens with zero attached hydrogens (tertiary/aromatic N) is 1. The Balaban J connectivity index is 0.00000176. The summed E-state index contributed by atoms with van der Waals surface area (Å²) in [5.41, 5.74) is 3.85. The maximum absolute atomic E-state index is 11.9. The molecule has 0 bridgehead atoms. The van der Waals surface area contributed by atoms with E-state index in [1.165, 1.54) is 22.9 Å². The number of fused-ring (bicyclic) bond motifs is 1. The molecule has 0 unspecified atom stereocenters. The summed E-state index contributed by atoms with van der Waals surface area (Å²) in [4.78, 5) is 16.9. The first-order valence-electron chi connectivity index (χ1n) is 6.92. The SMILES string of the molecule is Cl.O=C(CSc1ccncc1)NCc1ccc2c(c1)CNC2. The topological polar surface area (TPSA) is 54.0 Å². The molecule has 0 saturated carbocycles. The summed E-state index contributed by atoms with van der Waals surface area (Å²) in [7, 11) is 0. The number of hydrogen-bond acceptors (Lipinski definition) is 4. The van der Waals surface area contributed by atoms with Crippen molar-refractivity contribution in [1.29, 1.82) is 0 Å². The van der Waals surface area contributed by atoms with Crippen molar-refractivity contribution in [2.45, 2.75) is 24.5 Å². The molecule has 6 heteroatoms. The fourth-order valence-electron chi connectivity index (χ4n) is 2.29. The van der Waals surface area contributed by atoms with Crippen LogP contribution < -0.4 is 10.6 Å². The van der Waals surface area contributed by atoms with E-state index in [9.17, 15) is 4.79 Å². The molecule has 4 nitrogen and oxygen atoms in total. The Morgan fingerprint density at radius 2 is 1.95 bits per heavy atom. The van der Waals surface area contributed by atoms with Gasteiger partial charge in [0.25, 0.3) is 0 Å². The third-order valence-corrected chi connectivity index (χ3v) is 4.42. The lowest BCUT2D eigenvalue weighted by Gasteiger charge is -2.07. The summed E-state index contributed by atoms with van der Waals surface area (Å²) < 4.78 is 0. The van der Waals surface area contributed by atoms with Gasteiger partial charge in [0, 0.05) is 36.9 Å². The fraction of sp³-hybridized carbons (Fsp3) is 0.250. The largest absolute Gasteiger partial charge is 0.351 e. The predicted octanol–water partition coefficient (Wildman–Crippen LogP) is 2.52. The summed E-state index contributed by atoms with van der Waals surface area (Å²) >= 11 is 1.52. The number of rotatable bonds is 5. The number of carbonyl (C=O) groups is 1. The van der Waals surface area contributed by atoms with Crippen molar-refractivity contribution in [2.24, 2.45) is 0 Å². The zero-order chi connectivity index (χ0) is 14.5. The Morgan fingerprint density at radius 3 is 2.77 bits per heavy atom. The van der Waals surface area contributed by atoms with Crippen LogP contribution in [0.1, 0.15) is 16.7 Å². The summed E-state index contributed by atoms with van der Waals surface area (Å²) in [5.74, 6) is 0.478. The summed E-state index contributed by atoms with van der Waals surface area (Å²) in [6, 6.07) is 10.2. The van der Waals surface area contributed by atoms with Crippen molar-refractivity contribution in [1.82, 2.24) is 15.6 Å². The van der Waals surface area contributed by atoms with E-state index in [0.29, 0.717) is 12.3 Å². The van der Waals surface area contributed by atoms with E-state index in [1.54, 1.807) is 12.4 Å². The van der Waals surface area contributed by atoms with Crippen LogP contribution in [0.4, 0.5) is 0 Å². The lowest BCUT2D eigenvalue weighted by Crippen LogP contribution is -2.24. The van der Waals surface area contributed by atoms with Gasteiger partial charge in [0.1, 0.15) is 0 Å². The van der Waals surface area contributed by atoms with Gasteiger partial charge in [0.05, 0.1) is 5.75 Å². The van der Waals surface area contributed by atoms with E-state index in [4.69, 9.17) is 0 Å². The number of hydrogen-bond donors (Lipinski definition) is 2. The van der Waals surface area contributed by atoms with Crippen molar-refractivity contribution < 1.29 is 4.79 Å². The molecule has 0 atom stereocenters. The Hall–Kier alpha value is -1.56. The Bertz CT molecular complexity index is 637. The molecule has 1 aliphatic rings. The second kappa shape index (κ2) is 8.17. The van der Waals surface area contributed by atoms with Crippen LogP contribution in [0.15, 0.2) is 47.6 Å². The predicted molar refractivity (Wildman–Crippen MR) is 91.0 cm³/mol. The Labute approximate surface area is 140 Å². The van der Waals surface area contributed by atoms with Gasteiger partial charge in [-0.25, -0.2) is 0 Å². The number of benzene rings is 1. The number of halogens is 1. The van der Waals surface area contributed by atoms with Crippen LogP contribution in [0.5, 0.6) is 0 Å². The first kappa shape index (κ1) is 16.8. The molecule has 2 N–H and O–H groups in total. The normalized spacial score (nSPS) is 12.4. The third-order valence-electron chi connectivity index (χ3n) is 3.41. The summed E-state index contributed by atoms with van der Waals surface area (Å²) in [6.45, 7) is 2.46. The van der Waals surface area contributed by atoms with Crippen LogP contribution in [-0.2, 0) is 24.4 Å². The van der Waals surface area contributed by atoms with Crippen LogP contribution in [0.3, 0.4) is 0 Å². The number of nitrogens with one attached hydrogen (secondary N) is 2. The molecule has 0 radical (unpaired) electrons. The van der Waals surface area contributed by atoms with Gasteiger partial charge in [-0.15, -0.1) is 24.2 Å². The number of carbonyl (C=O) groups excluding carboxylic acids is 1. The molecule has 0 fully saturated rings. The Morgan fingerprint density at radius 1 is 1.18 bits per heavy atom. The highest BCUT2D eigenvalue weighted by Crippen LogP contribution is 2.17. The quantitative estimate of drug-likeness (QED) is 0.824. The smallest absolute Gasteiger partial charge is 0.230 e. The highest BCUT2D eigenvalue weighted by molar-refractivity contribution is 8.00. The van der Waals surface area contributed by atoms with Crippen LogP contribution in [0, 0.1) is 0 Å². The standard InChI is InChI=1S/C16H17N3OS.ClH/c20-16(11-21-15-3-5-17-6-4-15)19-8-12-1-2-13-9-18-10-14(13)7-12;/h1-7,18H,8-11H2,(H,19,20);1H. The zero-order valence-corrected chi connectivity index (χ0v) is 13.7. The molecule has 3 rings (SSSR count). The maximum atomic E-state index is 11.9. The zero-order valence-electron chi connectivity index (χ0n) is 12.0. The van der Waals surface area contributed by atoms with Crippen LogP contribution in [0.25, 0.3) is 0 Å². The van der Waals surface area contributed by atoms with Crippen molar-refractivity contribution in [3.05, 3.63) is 59.4 Å². The lowest BCUT2D eigenvalue weighted by atomic mass is 10.1. The van der Waals surface area contributed by atoms with E-state index < -0.39 is 0 Å².